The van der Waals surface area contributed by atoms with Crippen molar-refractivity contribution in [2.24, 2.45) is 0 Å². The van der Waals surface area contributed by atoms with Crippen molar-refractivity contribution >= 4 is 21.6 Å². The summed E-state index contributed by atoms with van der Waals surface area (Å²) < 4.78 is 24.8. The molecule has 1 heterocycles. The number of benzene rings is 2. The first kappa shape index (κ1) is 20.4. The summed E-state index contributed by atoms with van der Waals surface area (Å²) in [5.41, 5.74) is 0. The van der Waals surface area contributed by atoms with Gasteiger partial charge in [0.1, 0.15) is 0 Å². The van der Waals surface area contributed by atoms with E-state index in [4.69, 9.17) is 0 Å². The Morgan fingerprint density at radius 1 is 0.630 bits per heavy atom. The Morgan fingerprint density at radius 2 is 1.04 bits per heavy atom. The second-order valence-corrected chi connectivity index (χ2v) is 9.90. The molecule has 1 fully saturated rings. The summed E-state index contributed by atoms with van der Waals surface area (Å²) in [4.78, 5) is 6.65. The van der Waals surface area contributed by atoms with E-state index in [1.54, 1.807) is 0 Å². The Balaban J connectivity index is 1.40. The van der Waals surface area contributed by atoms with Crippen LogP contribution in [0.5, 0.6) is 0 Å². The van der Waals surface area contributed by atoms with Gasteiger partial charge in [-0.3, -0.25) is 8.42 Å². The smallest absolute Gasteiger partial charge is 0.0542 e. The molecule has 3 rings (SSSR count). The lowest BCUT2D eigenvalue weighted by molar-refractivity contribution is 0.273. The van der Waals surface area contributed by atoms with Gasteiger partial charge >= 0.3 is 0 Å². The van der Waals surface area contributed by atoms with Crippen LogP contribution in [0.2, 0.25) is 0 Å². The van der Waals surface area contributed by atoms with Gasteiger partial charge in [-0.05, 0) is 43.8 Å². The fraction of sp³-hybridized carbons (Fsp3) is 0.429. The van der Waals surface area contributed by atoms with Gasteiger partial charge < -0.3 is 9.80 Å². The fourth-order valence-electron chi connectivity index (χ4n) is 3.28. The maximum absolute atomic E-state index is 12.4. The van der Waals surface area contributed by atoms with E-state index in [2.05, 4.69) is 9.80 Å². The van der Waals surface area contributed by atoms with E-state index in [-0.39, 0.29) is 0 Å². The van der Waals surface area contributed by atoms with Crippen LogP contribution in [0.1, 0.15) is 6.42 Å². The molecule has 4 nitrogen and oxygen atoms in total. The molecular formula is C21H28N2O2S2. The lowest BCUT2D eigenvalue weighted by Crippen LogP contribution is -2.34. The van der Waals surface area contributed by atoms with Crippen molar-refractivity contribution < 1.29 is 8.42 Å². The van der Waals surface area contributed by atoms with Gasteiger partial charge in [-0.2, -0.15) is 0 Å². The molecule has 2 aromatic rings. The first-order chi connectivity index (χ1) is 13.2. The van der Waals surface area contributed by atoms with E-state index in [0.717, 1.165) is 55.5 Å². The van der Waals surface area contributed by atoms with Gasteiger partial charge in [0, 0.05) is 47.5 Å². The topological polar surface area (TPSA) is 40.6 Å². The molecular weight excluding hydrogens is 376 g/mol. The van der Waals surface area contributed by atoms with Crippen molar-refractivity contribution in [1.82, 2.24) is 9.80 Å². The van der Waals surface area contributed by atoms with Crippen LogP contribution in [-0.2, 0) is 21.6 Å². The number of hydrogen-bond donors (Lipinski definition) is 0. The molecule has 1 aliphatic rings. The molecule has 0 N–H and O–H groups in total. The van der Waals surface area contributed by atoms with Gasteiger partial charge in [0.05, 0.1) is 21.6 Å². The molecule has 2 atom stereocenters. The molecule has 146 valence electrons. The lowest BCUT2D eigenvalue weighted by atomic mass is 10.4. The Kier molecular flexibility index (Phi) is 8.20. The highest BCUT2D eigenvalue weighted by Crippen LogP contribution is 2.09. The molecule has 1 saturated heterocycles. The molecule has 0 radical (unpaired) electrons. The fourth-order valence-corrected chi connectivity index (χ4v) is 5.52. The summed E-state index contributed by atoms with van der Waals surface area (Å²) in [7, 11) is -1.85. The highest BCUT2D eigenvalue weighted by molar-refractivity contribution is 7.85. The van der Waals surface area contributed by atoms with Crippen molar-refractivity contribution in [2.45, 2.75) is 16.2 Å². The standard InChI is InChI=1S/C21H28N2O2S2/c24-26(20-8-3-1-4-9-20)18-16-22-12-7-13-23(15-14-22)17-19-27(25)21-10-5-2-6-11-21/h1-6,8-11H,7,12-19H2. The predicted octanol–water partition coefficient (Wildman–Crippen LogP) is 2.61. The quantitative estimate of drug-likeness (QED) is 0.678. The van der Waals surface area contributed by atoms with Crippen LogP contribution in [0.25, 0.3) is 0 Å². The second-order valence-electron chi connectivity index (χ2n) is 6.76. The van der Waals surface area contributed by atoms with Crippen molar-refractivity contribution in [3.63, 3.8) is 0 Å². The second kappa shape index (κ2) is 10.9. The lowest BCUT2D eigenvalue weighted by Gasteiger charge is -2.21. The van der Waals surface area contributed by atoms with E-state index in [1.165, 1.54) is 0 Å². The molecule has 2 unspecified atom stereocenters. The number of rotatable bonds is 8. The zero-order chi connectivity index (χ0) is 18.9. The Bertz CT molecular complexity index is 677. The average Bonchev–Trinajstić information content (AvgIpc) is 2.96. The van der Waals surface area contributed by atoms with Crippen LogP contribution < -0.4 is 0 Å². The van der Waals surface area contributed by atoms with Crippen LogP contribution in [0.15, 0.2) is 70.5 Å². The Hall–Kier alpha value is -1.34. The third-order valence-corrected chi connectivity index (χ3v) is 7.58. The third kappa shape index (κ3) is 6.64. The summed E-state index contributed by atoms with van der Waals surface area (Å²) >= 11 is 0. The molecule has 0 saturated carbocycles. The highest BCUT2D eigenvalue weighted by Gasteiger charge is 2.16. The molecule has 6 heteroatoms. The molecule has 0 bridgehead atoms. The Morgan fingerprint density at radius 3 is 1.44 bits per heavy atom. The normalized spacial score (nSPS) is 18.7. The first-order valence-electron chi connectivity index (χ1n) is 9.54. The van der Waals surface area contributed by atoms with E-state index >= 15 is 0 Å². The molecule has 0 aromatic heterocycles. The number of nitrogens with zero attached hydrogens (tertiary/aromatic N) is 2. The maximum atomic E-state index is 12.4. The van der Waals surface area contributed by atoms with E-state index in [0.29, 0.717) is 11.5 Å². The maximum Gasteiger partial charge on any atom is 0.0542 e. The van der Waals surface area contributed by atoms with Gasteiger partial charge in [-0.25, -0.2) is 0 Å². The monoisotopic (exact) mass is 404 g/mol. The largest absolute Gasteiger partial charge is 0.301 e. The number of hydrogen-bond acceptors (Lipinski definition) is 4. The van der Waals surface area contributed by atoms with Crippen LogP contribution in [0.3, 0.4) is 0 Å². The Labute approximate surface area is 167 Å². The summed E-state index contributed by atoms with van der Waals surface area (Å²) in [5.74, 6) is 1.37. The SMILES string of the molecule is O=S(CCN1CCCN(CCS(=O)c2ccccc2)CC1)c1ccccc1. The summed E-state index contributed by atoms with van der Waals surface area (Å²) in [6, 6.07) is 19.4. The highest BCUT2D eigenvalue weighted by atomic mass is 32.2. The van der Waals surface area contributed by atoms with Crippen LogP contribution >= 0.6 is 0 Å². The molecule has 2 aromatic carbocycles. The zero-order valence-electron chi connectivity index (χ0n) is 15.7. The molecule has 1 aliphatic heterocycles. The van der Waals surface area contributed by atoms with E-state index < -0.39 is 21.6 Å². The van der Waals surface area contributed by atoms with Gasteiger partial charge in [0.2, 0.25) is 0 Å². The van der Waals surface area contributed by atoms with E-state index in [1.807, 2.05) is 60.7 Å². The van der Waals surface area contributed by atoms with Gasteiger partial charge in [0.15, 0.2) is 0 Å². The summed E-state index contributed by atoms with van der Waals surface area (Å²) in [5, 5.41) is 0. The van der Waals surface area contributed by atoms with Crippen molar-refractivity contribution in [2.75, 3.05) is 50.8 Å². The zero-order valence-corrected chi connectivity index (χ0v) is 17.3. The third-order valence-electron chi connectivity index (χ3n) is 4.88. The van der Waals surface area contributed by atoms with Crippen LogP contribution in [0.4, 0.5) is 0 Å². The summed E-state index contributed by atoms with van der Waals surface area (Å²) in [6.07, 6.45) is 1.11. The molecule has 27 heavy (non-hydrogen) atoms. The first-order valence-corrected chi connectivity index (χ1v) is 12.2. The molecule has 0 aliphatic carbocycles. The van der Waals surface area contributed by atoms with Crippen LogP contribution in [-0.4, -0.2) is 69.0 Å². The van der Waals surface area contributed by atoms with Crippen molar-refractivity contribution in [3.8, 4) is 0 Å². The van der Waals surface area contributed by atoms with Crippen molar-refractivity contribution in [3.05, 3.63) is 60.7 Å². The van der Waals surface area contributed by atoms with Crippen LogP contribution in [0, 0.1) is 0 Å². The average molecular weight is 405 g/mol. The summed E-state index contributed by atoms with van der Waals surface area (Å²) in [6.45, 7) is 5.80. The van der Waals surface area contributed by atoms with Gasteiger partial charge in [0.25, 0.3) is 0 Å². The minimum absolute atomic E-state index is 0.683. The molecule has 0 spiro atoms. The van der Waals surface area contributed by atoms with Gasteiger partial charge in [-0.1, -0.05) is 36.4 Å². The minimum atomic E-state index is -0.926. The minimum Gasteiger partial charge on any atom is -0.301 e. The molecule has 0 amide bonds. The predicted molar refractivity (Wildman–Crippen MR) is 113 cm³/mol. The van der Waals surface area contributed by atoms with Crippen molar-refractivity contribution in [1.29, 1.82) is 0 Å². The van der Waals surface area contributed by atoms with Gasteiger partial charge in [-0.15, -0.1) is 0 Å². The van der Waals surface area contributed by atoms with E-state index in [9.17, 15) is 8.42 Å².